The van der Waals surface area contributed by atoms with Crippen molar-refractivity contribution in [1.82, 2.24) is 10.2 Å². The highest BCUT2D eigenvalue weighted by Crippen LogP contribution is 2.26. The molecule has 1 unspecified atom stereocenters. The number of hydrogen-bond donors (Lipinski definition) is 1. The minimum atomic E-state index is -0.584. The number of nitrogens with zero attached hydrogens (tertiary/aromatic N) is 1. The van der Waals surface area contributed by atoms with Crippen LogP contribution in [0.3, 0.4) is 0 Å². The van der Waals surface area contributed by atoms with Crippen molar-refractivity contribution in [3.8, 4) is 16.9 Å². The number of rotatable bonds is 8. The van der Waals surface area contributed by atoms with Crippen molar-refractivity contribution in [1.29, 1.82) is 0 Å². The molecular weight excluding hydrogens is 434 g/mol. The predicted molar refractivity (Wildman–Crippen MR) is 130 cm³/mol. The summed E-state index contributed by atoms with van der Waals surface area (Å²) in [6.45, 7) is 2.91. The van der Waals surface area contributed by atoms with Crippen LogP contribution in [0.5, 0.6) is 5.75 Å². The van der Waals surface area contributed by atoms with Gasteiger partial charge in [0.2, 0.25) is 5.91 Å². The molecule has 1 aliphatic heterocycles. The van der Waals surface area contributed by atoms with Crippen LogP contribution in [-0.2, 0) is 17.8 Å². The van der Waals surface area contributed by atoms with Gasteiger partial charge < -0.3 is 10.1 Å². The highest BCUT2D eigenvalue weighted by Gasteiger charge is 2.25. The first-order valence-electron chi connectivity index (χ1n) is 11.7. The van der Waals surface area contributed by atoms with Crippen LogP contribution >= 0.6 is 0 Å². The lowest BCUT2D eigenvalue weighted by Crippen LogP contribution is -2.43. The summed E-state index contributed by atoms with van der Waals surface area (Å²) in [4.78, 5) is 15.0. The molecule has 0 spiro atoms. The molecule has 4 rings (SSSR count). The van der Waals surface area contributed by atoms with E-state index in [-0.39, 0.29) is 11.8 Å². The molecule has 34 heavy (non-hydrogen) atoms. The average Bonchev–Trinajstić information content (AvgIpc) is 2.85. The first kappa shape index (κ1) is 23.9. The van der Waals surface area contributed by atoms with E-state index < -0.39 is 11.6 Å². The summed E-state index contributed by atoms with van der Waals surface area (Å²) in [6, 6.07) is 19.2. The third-order valence-corrected chi connectivity index (χ3v) is 6.32. The van der Waals surface area contributed by atoms with Gasteiger partial charge in [0, 0.05) is 31.3 Å². The Labute approximate surface area is 199 Å². The molecular formula is C28H30F2N2O2. The highest BCUT2D eigenvalue weighted by molar-refractivity contribution is 5.79. The van der Waals surface area contributed by atoms with Crippen LogP contribution in [0.1, 0.15) is 24.0 Å². The molecule has 0 radical (unpaired) electrons. The SMILES string of the molecule is COc1ccc(CCNC(=O)C2CCCN(Cc3cccc(-c4ccc(F)cc4F)c3)C2)cc1. The number of benzene rings is 3. The van der Waals surface area contributed by atoms with Crippen LogP contribution in [-0.4, -0.2) is 37.6 Å². The Morgan fingerprint density at radius 2 is 1.88 bits per heavy atom. The van der Waals surface area contributed by atoms with Gasteiger partial charge >= 0.3 is 0 Å². The summed E-state index contributed by atoms with van der Waals surface area (Å²) in [7, 11) is 1.64. The lowest BCUT2D eigenvalue weighted by Gasteiger charge is -2.32. The van der Waals surface area contributed by atoms with Crippen molar-refractivity contribution in [2.24, 2.45) is 5.92 Å². The lowest BCUT2D eigenvalue weighted by atomic mass is 9.96. The van der Waals surface area contributed by atoms with Gasteiger partial charge in [-0.2, -0.15) is 0 Å². The normalized spacial score (nSPS) is 16.3. The Morgan fingerprint density at radius 3 is 2.65 bits per heavy atom. The Balaban J connectivity index is 1.30. The monoisotopic (exact) mass is 464 g/mol. The highest BCUT2D eigenvalue weighted by atomic mass is 19.1. The van der Waals surface area contributed by atoms with Crippen LogP contribution in [0.25, 0.3) is 11.1 Å². The van der Waals surface area contributed by atoms with Gasteiger partial charge in [-0.1, -0.05) is 30.3 Å². The summed E-state index contributed by atoms with van der Waals surface area (Å²) in [5.41, 5.74) is 3.31. The van der Waals surface area contributed by atoms with Crippen molar-refractivity contribution in [3.05, 3.63) is 89.5 Å². The van der Waals surface area contributed by atoms with Gasteiger partial charge in [0.05, 0.1) is 13.0 Å². The number of methoxy groups -OCH3 is 1. The van der Waals surface area contributed by atoms with Gasteiger partial charge in [-0.15, -0.1) is 0 Å². The number of nitrogens with one attached hydrogen (secondary N) is 1. The Morgan fingerprint density at radius 1 is 1.06 bits per heavy atom. The van der Waals surface area contributed by atoms with Crippen molar-refractivity contribution in [3.63, 3.8) is 0 Å². The zero-order chi connectivity index (χ0) is 23.9. The van der Waals surface area contributed by atoms with E-state index in [1.807, 2.05) is 48.5 Å². The van der Waals surface area contributed by atoms with Crippen LogP contribution in [0.4, 0.5) is 8.78 Å². The van der Waals surface area contributed by atoms with Gasteiger partial charge in [0.25, 0.3) is 0 Å². The molecule has 0 aromatic heterocycles. The molecule has 0 aliphatic carbocycles. The maximum atomic E-state index is 14.2. The predicted octanol–water partition coefficient (Wildman–Crippen LogP) is 5.21. The summed E-state index contributed by atoms with van der Waals surface area (Å²) in [6.07, 6.45) is 2.62. The van der Waals surface area contributed by atoms with E-state index in [1.165, 1.54) is 12.1 Å². The quantitative estimate of drug-likeness (QED) is 0.498. The molecule has 6 heteroatoms. The van der Waals surface area contributed by atoms with Gasteiger partial charge in [0.15, 0.2) is 0 Å². The van der Waals surface area contributed by atoms with E-state index in [2.05, 4.69) is 10.2 Å². The smallest absolute Gasteiger partial charge is 0.224 e. The number of piperidine rings is 1. The Bertz CT molecular complexity index is 1120. The first-order chi connectivity index (χ1) is 16.5. The van der Waals surface area contributed by atoms with E-state index in [9.17, 15) is 13.6 Å². The molecule has 1 amide bonds. The minimum Gasteiger partial charge on any atom is -0.497 e. The molecule has 1 saturated heterocycles. The fourth-order valence-corrected chi connectivity index (χ4v) is 4.50. The zero-order valence-corrected chi connectivity index (χ0v) is 19.4. The van der Waals surface area contributed by atoms with Crippen molar-refractivity contribution in [2.45, 2.75) is 25.8 Å². The van der Waals surface area contributed by atoms with Crippen LogP contribution in [0.15, 0.2) is 66.7 Å². The van der Waals surface area contributed by atoms with Gasteiger partial charge in [-0.05, 0) is 72.8 Å². The van der Waals surface area contributed by atoms with Crippen LogP contribution in [0, 0.1) is 17.6 Å². The van der Waals surface area contributed by atoms with Crippen molar-refractivity contribution >= 4 is 5.91 Å². The van der Waals surface area contributed by atoms with Gasteiger partial charge in [-0.3, -0.25) is 9.69 Å². The van der Waals surface area contributed by atoms with E-state index in [4.69, 9.17) is 4.74 Å². The summed E-state index contributed by atoms with van der Waals surface area (Å²) in [5, 5.41) is 3.09. The molecule has 3 aromatic rings. The van der Waals surface area contributed by atoms with Gasteiger partial charge in [0.1, 0.15) is 17.4 Å². The van der Waals surface area contributed by atoms with E-state index in [0.717, 1.165) is 54.3 Å². The molecule has 1 atom stereocenters. The Hall–Kier alpha value is -3.25. The number of amides is 1. The topological polar surface area (TPSA) is 41.6 Å². The second kappa shape index (κ2) is 11.3. The molecule has 3 aromatic carbocycles. The average molecular weight is 465 g/mol. The second-order valence-corrected chi connectivity index (χ2v) is 8.79. The number of carbonyl (C=O) groups excluding carboxylic acids is 1. The number of halogens is 2. The third-order valence-electron chi connectivity index (χ3n) is 6.32. The zero-order valence-electron chi connectivity index (χ0n) is 19.4. The molecule has 0 saturated carbocycles. The first-order valence-corrected chi connectivity index (χ1v) is 11.7. The van der Waals surface area contributed by atoms with Crippen molar-refractivity contribution in [2.75, 3.05) is 26.7 Å². The number of hydrogen-bond acceptors (Lipinski definition) is 3. The molecule has 4 nitrogen and oxygen atoms in total. The summed E-state index contributed by atoms with van der Waals surface area (Å²) >= 11 is 0. The molecule has 178 valence electrons. The molecule has 1 fully saturated rings. The maximum absolute atomic E-state index is 14.2. The van der Waals surface area contributed by atoms with Crippen LogP contribution in [0.2, 0.25) is 0 Å². The van der Waals surface area contributed by atoms with E-state index >= 15 is 0 Å². The molecule has 1 N–H and O–H groups in total. The lowest BCUT2D eigenvalue weighted by molar-refractivity contribution is -0.126. The van der Waals surface area contributed by atoms with Gasteiger partial charge in [-0.25, -0.2) is 8.78 Å². The van der Waals surface area contributed by atoms with E-state index in [0.29, 0.717) is 25.2 Å². The molecule has 0 bridgehead atoms. The summed E-state index contributed by atoms with van der Waals surface area (Å²) in [5.74, 6) is -0.272. The standard InChI is InChI=1S/C28H30F2N2O2/c1-34-25-10-7-20(8-11-25)13-14-31-28(33)23-6-3-15-32(19-23)18-21-4-2-5-22(16-21)26-12-9-24(29)17-27(26)30/h2,4-5,7-12,16-17,23H,3,6,13-15,18-19H2,1H3,(H,31,33). The van der Waals surface area contributed by atoms with E-state index in [1.54, 1.807) is 7.11 Å². The summed E-state index contributed by atoms with van der Waals surface area (Å²) < 4.78 is 32.6. The third kappa shape index (κ3) is 6.20. The number of carbonyl (C=O) groups is 1. The molecule has 1 aliphatic rings. The van der Waals surface area contributed by atoms with Crippen molar-refractivity contribution < 1.29 is 18.3 Å². The fourth-order valence-electron chi connectivity index (χ4n) is 4.50. The fraction of sp³-hybridized carbons (Fsp3) is 0.321. The number of ether oxygens (including phenoxy) is 1. The number of likely N-dealkylation sites (tertiary alicyclic amines) is 1. The minimum absolute atomic E-state index is 0.0395. The Kier molecular flexibility index (Phi) is 7.91. The molecule has 1 heterocycles. The second-order valence-electron chi connectivity index (χ2n) is 8.79. The van der Waals surface area contributed by atoms with Crippen LogP contribution < -0.4 is 10.1 Å². The maximum Gasteiger partial charge on any atom is 0.224 e. The largest absolute Gasteiger partial charge is 0.497 e.